The number of alkyl halides is 1. The Morgan fingerprint density at radius 1 is 1.38 bits per heavy atom. The molecule has 0 aliphatic heterocycles. The second kappa shape index (κ2) is 4.99. The van der Waals surface area contributed by atoms with E-state index in [2.05, 4.69) is 21.2 Å². The van der Waals surface area contributed by atoms with Gasteiger partial charge in [-0.25, -0.2) is 0 Å². The first-order valence-electron chi connectivity index (χ1n) is 5.05. The van der Waals surface area contributed by atoms with Crippen LogP contribution in [0.5, 0.6) is 0 Å². The van der Waals surface area contributed by atoms with Gasteiger partial charge in [-0.1, -0.05) is 42.6 Å². The second-order valence-electron chi connectivity index (χ2n) is 4.14. The molecule has 1 amide bonds. The zero-order valence-corrected chi connectivity index (χ0v) is 9.93. The molecule has 1 atom stereocenters. The fourth-order valence-corrected chi connectivity index (χ4v) is 1.79. The van der Waals surface area contributed by atoms with Gasteiger partial charge < -0.3 is 5.32 Å². The lowest BCUT2D eigenvalue weighted by Crippen LogP contribution is -2.39. The van der Waals surface area contributed by atoms with Gasteiger partial charge in [-0.2, -0.15) is 0 Å². The van der Waals surface area contributed by atoms with Crippen LogP contribution in [0, 0.1) is 5.92 Å². The number of carbonyl (C=O) groups is 1. The van der Waals surface area contributed by atoms with Crippen molar-refractivity contribution in [1.82, 2.24) is 5.32 Å². The highest BCUT2D eigenvalue weighted by molar-refractivity contribution is 9.10. The number of hydrogen-bond acceptors (Lipinski definition) is 1. The quantitative estimate of drug-likeness (QED) is 0.764. The summed E-state index contributed by atoms with van der Waals surface area (Å²) < 4.78 is 0. The van der Waals surface area contributed by atoms with Gasteiger partial charge in [0.25, 0.3) is 0 Å². The van der Waals surface area contributed by atoms with Crippen molar-refractivity contribution in [2.75, 3.05) is 0 Å². The summed E-state index contributed by atoms with van der Waals surface area (Å²) in [5.74, 6) is 0.517. The van der Waals surface area contributed by atoms with Crippen LogP contribution in [0.2, 0.25) is 0 Å². The van der Waals surface area contributed by atoms with E-state index in [-0.39, 0.29) is 10.7 Å². The predicted molar refractivity (Wildman–Crippen MR) is 58.0 cm³/mol. The molecule has 0 aromatic heterocycles. The molecule has 1 saturated carbocycles. The standard InChI is InChI=1S/C10H18BrNO/c1-7(2)9(11)10(13)12-8-5-3-4-6-8/h7-9H,3-6H2,1-2H3,(H,12,13). The number of nitrogens with one attached hydrogen (secondary N) is 1. The average Bonchev–Trinajstić information content (AvgIpc) is 2.55. The lowest BCUT2D eigenvalue weighted by molar-refractivity contribution is -0.121. The summed E-state index contributed by atoms with van der Waals surface area (Å²) in [7, 11) is 0. The Hall–Kier alpha value is -0.0500. The van der Waals surface area contributed by atoms with Gasteiger partial charge in [-0.15, -0.1) is 0 Å². The van der Waals surface area contributed by atoms with E-state index >= 15 is 0 Å². The molecule has 0 spiro atoms. The molecule has 1 rings (SSSR count). The van der Waals surface area contributed by atoms with Gasteiger partial charge in [0.1, 0.15) is 0 Å². The third-order valence-electron chi connectivity index (χ3n) is 2.54. The van der Waals surface area contributed by atoms with Gasteiger partial charge >= 0.3 is 0 Å². The minimum Gasteiger partial charge on any atom is -0.352 e. The molecule has 76 valence electrons. The van der Waals surface area contributed by atoms with Crippen LogP contribution in [0.15, 0.2) is 0 Å². The van der Waals surface area contributed by atoms with Crippen LogP contribution < -0.4 is 5.32 Å². The maximum absolute atomic E-state index is 11.6. The summed E-state index contributed by atoms with van der Waals surface area (Å²) in [4.78, 5) is 11.5. The van der Waals surface area contributed by atoms with Crippen LogP contribution in [0.1, 0.15) is 39.5 Å². The van der Waals surface area contributed by atoms with E-state index in [1.165, 1.54) is 12.8 Å². The van der Waals surface area contributed by atoms with Crippen molar-refractivity contribution < 1.29 is 4.79 Å². The summed E-state index contributed by atoms with van der Waals surface area (Å²) in [6, 6.07) is 0.436. The first kappa shape index (κ1) is 11.0. The van der Waals surface area contributed by atoms with Crippen molar-refractivity contribution >= 4 is 21.8 Å². The SMILES string of the molecule is CC(C)C(Br)C(=O)NC1CCCC1. The first-order valence-corrected chi connectivity index (χ1v) is 5.97. The Morgan fingerprint density at radius 3 is 2.38 bits per heavy atom. The maximum Gasteiger partial charge on any atom is 0.234 e. The molecule has 1 unspecified atom stereocenters. The minimum absolute atomic E-state index is 0.0342. The first-order chi connectivity index (χ1) is 6.11. The zero-order chi connectivity index (χ0) is 9.84. The van der Waals surface area contributed by atoms with Crippen molar-refractivity contribution in [2.45, 2.75) is 50.4 Å². The van der Waals surface area contributed by atoms with Crippen LogP contribution in [-0.4, -0.2) is 16.8 Å². The fourth-order valence-electron chi connectivity index (χ4n) is 1.65. The van der Waals surface area contributed by atoms with Gasteiger partial charge in [0.15, 0.2) is 0 Å². The molecular formula is C10H18BrNO. The summed E-state index contributed by atoms with van der Waals surface area (Å²) in [6.45, 7) is 4.10. The van der Waals surface area contributed by atoms with E-state index in [1.54, 1.807) is 0 Å². The maximum atomic E-state index is 11.6. The second-order valence-corrected chi connectivity index (χ2v) is 5.12. The highest BCUT2D eigenvalue weighted by Crippen LogP contribution is 2.19. The van der Waals surface area contributed by atoms with Gasteiger partial charge in [0, 0.05) is 6.04 Å². The summed E-state index contributed by atoms with van der Waals surface area (Å²) in [5, 5.41) is 3.07. The molecule has 2 nitrogen and oxygen atoms in total. The van der Waals surface area contributed by atoms with E-state index in [0.29, 0.717) is 12.0 Å². The number of amides is 1. The highest BCUT2D eigenvalue weighted by Gasteiger charge is 2.23. The third-order valence-corrected chi connectivity index (χ3v) is 4.01. The van der Waals surface area contributed by atoms with Gasteiger partial charge in [0.05, 0.1) is 4.83 Å². The van der Waals surface area contributed by atoms with Crippen molar-refractivity contribution in [2.24, 2.45) is 5.92 Å². The van der Waals surface area contributed by atoms with Crippen LogP contribution in [0.3, 0.4) is 0 Å². The lowest BCUT2D eigenvalue weighted by Gasteiger charge is -2.17. The molecule has 1 aliphatic rings. The van der Waals surface area contributed by atoms with Crippen molar-refractivity contribution in [3.63, 3.8) is 0 Å². The molecule has 0 aromatic rings. The summed E-state index contributed by atoms with van der Waals surface area (Å²) >= 11 is 3.40. The zero-order valence-electron chi connectivity index (χ0n) is 8.35. The van der Waals surface area contributed by atoms with E-state index < -0.39 is 0 Å². The Labute approximate surface area is 88.6 Å². The van der Waals surface area contributed by atoms with E-state index in [9.17, 15) is 4.79 Å². The third kappa shape index (κ3) is 3.29. The molecule has 1 aliphatic carbocycles. The van der Waals surface area contributed by atoms with Gasteiger partial charge in [-0.05, 0) is 18.8 Å². The smallest absolute Gasteiger partial charge is 0.234 e. The van der Waals surface area contributed by atoms with E-state index in [4.69, 9.17) is 0 Å². The average molecular weight is 248 g/mol. The Balaban J connectivity index is 2.31. The predicted octanol–water partition coefficient (Wildman–Crippen LogP) is 2.46. The van der Waals surface area contributed by atoms with Gasteiger partial charge in [-0.3, -0.25) is 4.79 Å². The largest absolute Gasteiger partial charge is 0.352 e. The Bertz CT molecular complexity index is 176. The Morgan fingerprint density at radius 2 is 1.92 bits per heavy atom. The molecule has 13 heavy (non-hydrogen) atoms. The van der Waals surface area contributed by atoms with Gasteiger partial charge in [0.2, 0.25) is 5.91 Å². The summed E-state index contributed by atoms with van der Waals surface area (Å²) in [5.41, 5.74) is 0. The van der Waals surface area contributed by atoms with Crippen molar-refractivity contribution in [1.29, 1.82) is 0 Å². The number of carbonyl (C=O) groups excluding carboxylic acids is 1. The van der Waals surface area contributed by atoms with Crippen LogP contribution in [0.25, 0.3) is 0 Å². The van der Waals surface area contributed by atoms with E-state index in [1.807, 2.05) is 13.8 Å². The molecule has 0 saturated heterocycles. The molecule has 0 radical (unpaired) electrons. The van der Waals surface area contributed by atoms with Crippen LogP contribution >= 0.6 is 15.9 Å². The van der Waals surface area contributed by atoms with E-state index in [0.717, 1.165) is 12.8 Å². The molecule has 3 heteroatoms. The molecular weight excluding hydrogens is 230 g/mol. The van der Waals surface area contributed by atoms with Crippen LogP contribution in [-0.2, 0) is 4.79 Å². The van der Waals surface area contributed by atoms with Crippen molar-refractivity contribution in [3.8, 4) is 0 Å². The lowest BCUT2D eigenvalue weighted by atomic mass is 10.1. The normalized spacial score (nSPS) is 20.6. The number of halogens is 1. The number of rotatable bonds is 3. The number of hydrogen-bond donors (Lipinski definition) is 1. The molecule has 0 bridgehead atoms. The minimum atomic E-state index is -0.0342. The summed E-state index contributed by atoms with van der Waals surface area (Å²) in [6.07, 6.45) is 4.84. The Kier molecular flexibility index (Phi) is 4.23. The fraction of sp³-hybridized carbons (Fsp3) is 0.900. The van der Waals surface area contributed by atoms with Crippen molar-refractivity contribution in [3.05, 3.63) is 0 Å². The topological polar surface area (TPSA) is 29.1 Å². The molecule has 1 N–H and O–H groups in total. The molecule has 0 aromatic carbocycles. The molecule has 0 heterocycles. The highest BCUT2D eigenvalue weighted by atomic mass is 79.9. The monoisotopic (exact) mass is 247 g/mol. The molecule has 1 fully saturated rings. The van der Waals surface area contributed by atoms with Crippen LogP contribution in [0.4, 0.5) is 0 Å².